The van der Waals surface area contributed by atoms with Gasteiger partial charge in [0.05, 0.1) is 5.69 Å². The average Bonchev–Trinajstić information content (AvgIpc) is 3.17. The molecule has 1 aromatic heterocycles. The fraction of sp³-hybridized carbons (Fsp3) is 0.125. The van der Waals surface area contributed by atoms with Crippen molar-refractivity contribution < 1.29 is 9.18 Å². The second kappa shape index (κ2) is 7.91. The zero-order chi connectivity index (χ0) is 21.3. The third-order valence-corrected chi connectivity index (χ3v) is 4.82. The Labute approximate surface area is 174 Å². The first kappa shape index (κ1) is 19.5. The van der Waals surface area contributed by atoms with Crippen LogP contribution in [0.1, 0.15) is 27.3 Å². The lowest BCUT2D eigenvalue weighted by atomic mass is 10.1. The van der Waals surface area contributed by atoms with E-state index in [1.54, 1.807) is 16.8 Å². The van der Waals surface area contributed by atoms with E-state index in [4.69, 9.17) is 0 Å². The van der Waals surface area contributed by atoms with Gasteiger partial charge in [-0.25, -0.2) is 14.1 Å². The van der Waals surface area contributed by atoms with Crippen molar-refractivity contribution in [2.45, 2.75) is 20.8 Å². The number of carbonyl (C=O) groups excluding carboxylic acids is 1. The van der Waals surface area contributed by atoms with Crippen molar-refractivity contribution in [2.75, 3.05) is 5.32 Å². The molecule has 0 aliphatic heterocycles. The molecule has 0 saturated carbocycles. The molecule has 4 rings (SSSR count). The normalized spacial score (nSPS) is 10.8. The van der Waals surface area contributed by atoms with Crippen LogP contribution in [-0.2, 0) is 0 Å². The molecule has 0 atom stereocenters. The molecule has 30 heavy (non-hydrogen) atoms. The number of amides is 1. The fourth-order valence-corrected chi connectivity index (χ4v) is 3.19. The van der Waals surface area contributed by atoms with Crippen molar-refractivity contribution in [1.82, 2.24) is 14.8 Å². The van der Waals surface area contributed by atoms with Gasteiger partial charge in [-0.05, 0) is 56.7 Å². The average molecular weight is 400 g/mol. The molecule has 4 aromatic rings. The summed E-state index contributed by atoms with van der Waals surface area (Å²) in [6.45, 7) is 5.93. The summed E-state index contributed by atoms with van der Waals surface area (Å²) < 4.78 is 15.0. The summed E-state index contributed by atoms with van der Waals surface area (Å²) >= 11 is 0. The quantitative estimate of drug-likeness (QED) is 0.509. The van der Waals surface area contributed by atoms with E-state index in [0.717, 1.165) is 22.3 Å². The largest absolute Gasteiger partial charge is 0.319 e. The van der Waals surface area contributed by atoms with Gasteiger partial charge < -0.3 is 5.32 Å². The Morgan fingerprint density at radius 2 is 1.57 bits per heavy atom. The number of halogens is 1. The number of aryl methyl sites for hydroxylation is 3. The van der Waals surface area contributed by atoms with Gasteiger partial charge in [0.2, 0.25) is 5.82 Å². The first-order valence-corrected chi connectivity index (χ1v) is 9.59. The number of benzene rings is 3. The minimum Gasteiger partial charge on any atom is -0.319 e. The van der Waals surface area contributed by atoms with E-state index in [1.807, 2.05) is 63.2 Å². The Morgan fingerprint density at radius 3 is 2.23 bits per heavy atom. The number of rotatable bonds is 4. The van der Waals surface area contributed by atoms with Gasteiger partial charge in [-0.1, -0.05) is 47.5 Å². The monoisotopic (exact) mass is 400 g/mol. The van der Waals surface area contributed by atoms with Gasteiger partial charge in [-0.2, -0.15) is 0 Å². The zero-order valence-corrected chi connectivity index (χ0v) is 17.0. The molecule has 6 heteroatoms. The minimum absolute atomic E-state index is 0.0369. The standard InChI is InChI=1S/C24H21FN4O/c1-15-4-7-18(8-5-15)23-27-22(28-29(23)20-11-9-19(25)10-12-20)24(30)26-21-13-6-16(2)14-17(21)3/h4-14H,1-3H3,(H,26,30). The van der Waals surface area contributed by atoms with Crippen LogP contribution in [0.25, 0.3) is 17.1 Å². The lowest BCUT2D eigenvalue weighted by molar-refractivity contribution is 0.101. The van der Waals surface area contributed by atoms with E-state index >= 15 is 0 Å². The van der Waals surface area contributed by atoms with E-state index in [9.17, 15) is 9.18 Å². The van der Waals surface area contributed by atoms with Crippen molar-refractivity contribution in [3.05, 3.63) is 95.1 Å². The highest BCUT2D eigenvalue weighted by Crippen LogP contribution is 2.23. The summed E-state index contributed by atoms with van der Waals surface area (Å²) in [5, 5.41) is 7.30. The second-order valence-electron chi connectivity index (χ2n) is 7.29. The Hall–Kier alpha value is -3.80. The molecule has 1 heterocycles. The highest BCUT2D eigenvalue weighted by atomic mass is 19.1. The summed E-state index contributed by atoms with van der Waals surface area (Å²) in [6.07, 6.45) is 0. The molecule has 150 valence electrons. The van der Waals surface area contributed by atoms with Crippen molar-refractivity contribution >= 4 is 11.6 Å². The lowest BCUT2D eigenvalue weighted by Gasteiger charge is -2.07. The van der Waals surface area contributed by atoms with Gasteiger partial charge >= 0.3 is 0 Å². The predicted octanol–water partition coefficient (Wildman–Crippen LogP) is 5.25. The molecule has 0 saturated heterocycles. The molecule has 0 aliphatic rings. The number of carbonyl (C=O) groups is 1. The Kier molecular flexibility index (Phi) is 5.14. The molecule has 3 aromatic carbocycles. The number of hydrogen-bond donors (Lipinski definition) is 1. The van der Waals surface area contributed by atoms with E-state index in [2.05, 4.69) is 15.4 Å². The molecular formula is C24H21FN4O. The summed E-state index contributed by atoms with van der Waals surface area (Å²) in [5.74, 6) is -0.206. The molecule has 0 radical (unpaired) electrons. The van der Waals surface area contributed by atoms with Gasteiger partial charge in [-0.15, -0.1) is 5.10 Å². The second-order valence-corrected chi connectivity index (χ2v) is 7.29. The molecule has 0 bridgehead atoms. The third kappa shape index (κ3) is 3.98. The molecule has 0 aliphatic carbocycles. The van der Waals surface area contributed by atoms with Crippen LogP contribution in [0.5, 0.6) is 0 Å². The van der Waals surface area contributed by atoms with Crippen LogP contribution in [0.3, 0.4) is 0 Å². The van der Waals surface area contributed by atoms with Crippen molar-refractivity contribution in [1.29, 1.82) is 0 Å². The van der Waals surface area contributed by atoms with Crippen LogP contribution in [0.2, 0.25) is 0 Å². The van der Waals surface area contributed by atoms with Crippen LogP contribution >= 0.6 is 0 Å². The first-order valence-electron chi connectivity index (χ1n) is 9.59. The Balaban J connectivity index is 1.75. The maximum absolute atomic E-state index is 13.4. The van der Waals surface area contributed by atoms with Gasteiger partial charge in [0, 0.05) is 11.3 Å². The smallest absolute Gasteiger partial charge is 0.295 e. The van der Waals surface area contributed by atoms with Crippen molar-refractivity contribution in [3.63, 3.8) is 0 Å². The maximum Gasteiger partial charge on any atom is 0.295 e. The highest BCUT2D eigenvalue weighted by molar-refractivity contribution is 6.02. The molecule has 0 unspecified atom stereocenters. The van der Waals surface area contributed by atoms with Crippen LogP contribution < -0.4 is 5.32 Å². The fourth-order valence-electron chi connectivity index (χ4n) is 3.19. The Morgan fingerprint density at radius 1 is 0.900 bits per heavy atom. The van der Waals surface area contributed by atoms with Gasteiger partial charge in [0.25, 0.3) is 5.91 Å². The summed E-state index contributed by atoms with van der Waals surface area (Å²) in [4.78, 5) is 17.4. The number of anilines is 1. The van der Waals surface area contributed by atoms with E-state index in [1.165, 1.54) is 12.1 Å². The third-order valence-electron chi connectivity index (χ3n) is 4.82. The summed E-state index contributed by atoms with van der Waals surface area (Å²) in [5.41, 5.74) is 5.32. The van der Waals surface area contributed by atoms with Crippen LogP contribution in [0.4, 0.5) is 10.1 Å². The number of hydrogen-bond acceptors (Lipinski definition) is 3. The van der Waals surface area contributed by atoms with E-state index in [0.29, 0.717) is 17.2 Å². The number of nitrogens with one attached hydrogen (secondary N) is 1. The number of aromatic nitrogens is 3. The highest BCUT2D eigenvalue weighted by Gasteiger charge is 2.19. The molecule has 0 spiro atoms. The van der Waals surface area contributed by atoms with Gasteiger partial charge in [0.15, 0.2) is 5.82 Å². The molecule has 5 nitrogen and oxygen atoms in total. The molecular weight excluding hydrogens is 379 g/mol. The number of nitrogens with zero attached hydrogens (tertiary/aromatic N) is 3. The minimum atomic E-state index is -0.406. The van der Waals surface area contributed by atoms with Gasteiger partial charge in [-0.3, -0.25) is 4.79 Å². The predicted molar refractivity (Wildman–Crippen MR) is 115 cm³/mol. The topological polar surface area (TPSA) is 59.8 Å². The maximum atomic E-state index is 13.4. The van der Waals surface area contributed by atoms with E-state index < -0.39 is 5.91 Å². The summed E-state index contributed by atoms with van der Waals surface area (Å²) in [6, 6.07) is 19.5. The first-order chi connectivity index (χ1) is 14.4. The SMILES string of the molecule is Cc1ccc(-c2nc(C(=O)Nc3ccc(C)cc3C)nn2-c2ccc(F)cc2)cc1. The summed E-state index contributed by atoms with van der Waals surface area (Å²) in [7, 11) is 0. The van der Waals surface area contributed by atoms with Crippen LogP contribution in [-0.4, -0.2) is 20.7 Å². The Bertz CT molecular complexity index is 1150. The van der Waals surface area contributed by atoms with E-state index in [-0.39, 0.29) is 11.6 Å². The van der Waals surface area contributed by atoms with Gasteiger partial charge in [0.1, 0.15) is 5.82 Å². The lowest BCUT2D eigenvalue weighted by Crippen LogP contribution is -2.15. The molecule has 1 amide bonds. The van der Waals surface area contributed by atoms with Crippen molar-refractivity contribution in [3.8, 4) is 17.1 Å². The molecule has 1 N–H and O–H groups in total. The molecule has 0 fully saturated rings. The van der Waals surface area contributed by atoms with Crippen molar-refractivity contribution in [2.24, 2.45) is 0 Å². The van der Waals surface area contributed by atoms with Crippen LogP contribution in [0, 0.1) is 26.6 Å². The van der Waals surface area contributed by atoms with Crippen LogP contribution in [0.15, 0.2) is 66.7 Å². The zero-order valence-electron chi connectivity index (χ0n) is 17.0.